The van der Waals surface area contributed by atoms with Crippen molar-refractivity contribution in [3.63, 3.8) is 0 Å². The molecule has 176 valence electrons. The zero-order valence-corrected chi connectivity index (χ0v) is 19.2. The zero-order valence-electron chi connectivity index (χ0n) is 19.2. The van der Waals surface area contributed by atoms with Crippen LogP contribution in [0, 0.1) is 0 Å². The second-order valence-corrected chi connectivity index (χ2v) is 9.31. The van der Waals surface area contributed by atoms with Gasteiger partial charge in [0.05, 0.1) is 19.9 Å². The molecule has 9 nitrogen and oxygen atoms in total. The summed E-state index contributed by atoms with van der Waals surface area (Å²) in [5, 5.41) is 13.2. The number of amides is 2. The molecular weight excluding hydrogens is 434 g/mol. The minimum Gasteiger partial charge on any atom is -0.453 e. The maximum absolute atomic E-state index is 12.4. The lowest BCUT2D eigenvalue weighted by Crippen LogP contribution is -2.45. The van der Waals surface area contributed by atoms with E-state index in [0.29, 0.717) is 25.4 Å². The molecule has 1 aliphatic carbocycles. The van der Waals surface area contributed by atoms with Gasteiger partial charge in [-0.15, -0.1) is 0 Å². The normalized spacial score (nSPS) is 28.4. The van der Waals surface area contributed by atoms with Crippen LogP contribution in [0.2, 0.25) is 0 Å². The SMILES string of the molecule is COC(=O)N1CC[C@@H]2c3cccc(N=N[C@]45CCN(C(=O)OC)[C@H]4Nc4ccccc45)c3CC21. The topological polar surface area (TPSA) is 95.8 Å². The number of methoxy groups -OCH3 is 2. The van der Waals surface area contributed by atoms with Crippen LogP contribution in [0.5, 0.6) is 0 Å². The molecule has 2 fully saturated rings. The number of carbonyl (C=O) groups excluding carboxylic acids is 2. The minimum atomic E-state index is -0.681. The van der Waals surface area contributed by atoms with Gasteiger partial charge in [0, 0.05) is 42.7 Å². The highest BCUT2D eigenvalue weighted by atomic mass is 16.5. The number of hydrogen-bond donors (Lipinski definition) is 1. The Morgan fingerprint density at radius 1 is 1.03 bits per heavy atom. The van der Waals surface area contributed by atoms with Crippen molar-refractivity contribution in [2.75, 3.05) is 32.6 Å². The second kappa shape index (κ2) is 7.72. The lowest BCUT2D eigenvalue weighted by molar-refractivity contribution is 0.117. The largest absolute Gasteiger partial charge is 0.453 e. The highest BCUT2D eigenvalue weighted by molar-refractivity contribution is 5.73. The molecule has 9 heteroatoms. The van der Waals surface area contributed by atoms with Gasteiger partial charge < -0.3 is 19.7 Å². The molecule has 2 aromatic rings. The lowest BCUT2D eigenvalue weighted by Gasteiger charge is -2.27. The third kappa shape index (κ3) is 2.85. The molecule has 0 bridgehead atoms. The maximum atomic E-state index is 12.4. The summed E-state index contributed by atoms with van der Waals surface area (Å²) in [6.45, 7) is 1.24. The number of nitrogens with zero attached hydrogens (tertiary/aromatic N) is 4. The van der Waals surface area contributed by atoms with Crippen LogP contribution in [0.4, 0.5) is 21.0 Å². The number of carbonyl (C=O) groups is 2. The van der Waals surface area contributed by atoms with Gasteiger partial charge in [0.15, 0.2) is 0 Å². The number of anilines is 1. The number of fused-ring (bicyclic) bond motifs is 6. The monoisotopic (exact) mass is 461 g/mol. The summed E-state index contributed by atoms with van der Waals surface area (Å²) < 4.78 is 10.0. The molecule has 34 heavy (non-hydrogen) atoms. The first-order chi connectivity index (χ1) is 16.6. The van der Waals surface area contributed by atoms with E-state index in [1.54, 1.807) is 4.90 Å². The smallest absolute Gasteiger partial charge is 0.411 e. The van der Waals surface area contributed by atoms with Crippen LogP contribution in [0.3, 0.4) is 0 Å². The van der Waals surface area contributed by atoms with Crippen molar-refractivity contribution in [1.29, 1.82) is 0 Å². The van der Waals surface area contributed by atoms with Crippen LogP contribution in [-0.2, 0) is 21.4 Å². The van der Waals surface area contributed by atoms with Crippen molar-refractivity contribution in [3.8, 4) is 0 Å². The third-order valence-corrected chi connectivity index (χ3v) is 7.88. The summed E-state index contributed by atoms with van der Waals surface area (Å²) in [6, 6.07) is 14.3. The van der Waals surface area contributed by atoms with Gasteiger partial charge in [-0.25, -0.2) is 9.59 Å². The maximum Gasteiger partial charge on any atom is 0.411 e. The van der Waals surface area contributed by atoms with Gasteiger partial charge in [-0.1, -0.05) is 30.3 Å². The molecule has 4 aliphatic rings. The Kier molecular flexibility index (Phi) is 4.75. The van der Waals surface area contributed by atoms with E-state index in [1.807, 2.05) is 35.2 Å². The van der Waals surface area contributed by atoms with Crippen LogP contribution in [-0.4, -0.2) is 61.5 Å². The minimum absolute atomic E-state index is 0.0971. The Morgan fingerprint density at radius 3 is 2.65 bits per heavy atom. The van der Waals surface area contributed by atoms with E-state index in [0.717, 1.165) is 35.3 Å². The third-order valence-electron chi connectivity index (χ3n) is 7.88. The first-order valence-corrected chi connectivity index (χ1v) is 11.7. The Labute approximate surface area is 197 Å². The number of ether oxygens (including phenoxy) is 2. The van der Waals surface area contributed by atoms with Crippen molar-refractivity contribution in [1.82, 2.24) is 9.80 Å². The van der Waals surface area contributed by atoms with Gasteiger partial charge in [-0.05, 0) is 36.1 Å². The Bertz CT molecular complexity index is 1200. The number of hydrogen-bond acceptors (Lipinski definition) is 7. The standard InChI is InChI=1S/C25H27N5O4/c1-33-23(31)29-12-10-16-15-6-5-9-19(17(15)14-21(16)29)27-28-25-11-13-30(24(32)34-2)22(25)26-20-8-4-3-7-18(20)25/h3-9,16,21-22,26H,10-14H2,1-2H3/t16-,21?,22-,25+/m1/s1. The fourth-order valence-corrected chi connectivity index (χ4v) is 6.32. The van der Waals surface area contributed by atoms with Gasteiger partial charge in [-0.3, -0.25) is 4.90 Å². The zero-order chi connectivity index (χ0) is 23.4. The Balaban J connectivity index is 1.36. The van der Waals surface area contributed by atoms with Crippen LogP contribution in [0.15, 0.2) is 52.7 Å². The predicted molar refractivity (Wildman–Crippen MR) is 124 cm³/mol. The summed E-state index contributed by atoms with van der Waals surface area (Å²) in [5.41, 5.74) is 4.53. The number of benzene rings is 2. The van der Waals surface area contributed by atoms with Crippen molar-refractivity contribution < 1.29 is 19.1 Å². The first kappa shape index (κ1) is 20.9. The highest BCUT2D eigenvalue weighted by Crippen LogP contribution is 2.51. The van der Waals surface area contributed by atoms with Crippen molar-refractivity contribution >= 4 is 23.6 Å². The molecule has 0 radical (unpaired) electrons. The number of rotatable bonds is 2. The van der Waals surface area contributed by atoms with E-state index in [4.69, 9.17) is 19.7 Å². The van der Waals surface area contributed by atoms with E-state index in [1.165, 1.54) is 19.8 Å². The van der Waals surface area contributed by atoms with E-state index in [9.17, 15) is 9.59 Å². The van der Waals surface area contributed by atoms with Crippen LogP contribution >= 0.6 is 0 Å². The highest BCUT2D eigenvalue weighted by Gasteiger charge is 2.56. The van der Waals surface area contributed by atoms with Gasteiger partial charge in [0.25, 0.3) is 0 Å². The van der Waals surface area contributed by atoms with E-state index in [2.05, 4.69) is 17.4 Å². The summed E-state index contributed by atoms with van der Waals surface area (Å²) in [4.78, 5) is 28.2. The summed E-state index contributed by atoms with van der Waals surface area (Å²) >= 11 is 0. The van der Waals surface area contributed by atoms with E-state index >= 15 is 0 Å². The molecular formula is C25H27N5O4. The second-order valence-electron chi connectivity index (χ2n) is 9.31. The van der Waals surface area contributed by atoms with Crippen molar-refractivity contribution in [2.24, 2.45) is 10.2 Å². The van der Waals surface area contributed by atoms with Gasteiger partial charge in [0.2, 0.25) is 0 Å². The average molecular weight is 462 g/mol. The van der Waals surface area contributed by atoms with Gasteiger partial charge in [-0.2, -0.15) is 10.2 Å². The quantitative estimate of drug-likeness (QED) is 0.670. The van der Waals surface area contributed by atoms with Crippen LogP contribution in [0.1, 0.15) is 35.4 Å². The molecule has 2 saturated heterocycles. The molecule has 3 aliphatic heterocycles. The predicted octanol–water partition coefficient (Wildman–Crippen LogP) is 4.37. The van der Waals surface area contributed by atoms with Crippen molar-refractivity contribution in [2.45, 2.75) is 42.9 Å². The molecule has 3 heterocycles. The summed E-state index contributed by atoms with van der Waals surface area (Å²) in [5.74, 6) is 0.297. The van der Waals surface area contributed by atoms with Gasteiger partial charge in [0.1, 0.15) is 11.7 Å². The van der Waals surface area contributed by atoms with Crippen molar-refractivity contribution in [3.05, 3.63) is 59.2 Å². The fourth-order valence-electron chi connectivity index (χ4n) is 6.32. The van der Waals surface area contributed by atoms with Gasteiger partial charge >= 0.3 is 12.2 Å². The fraction of sp³-hybridized carbons (Fsp3) is 0.440. The summed E-state index contributed by atoms with van der Waals surface area (Å²) in [6.07, 6.45) is 1.31. The number of likely N-dealkylation sites (tertiary alicyclic amines) is 2. The molecule has 2 amide bonds. The van der Waals surface area contributed by atoms with E-state index in [-0.39, 0.29) is 24.4 Å². The molecule has 0 aromatic heterocycles. The molecule has 1 N–H and O–H groups in total. The van der Waals surface area contributed by atoms with Crippen LogP contribution < -0.4 is 5.32 Å². The molecule has 2 aromatic carbocycles. The molecule has 1 unspecified atom stereocenters. The lowest BCUT2D eigenvalue weighted by atomic mass is 9.90. The van der Waals surface area contributed by atoms with Crippen LogP contribution in [0.25, 0.3) is 0 Å². The molecule has 0 spiro atoms. The Hall–Kier alpha value is -3.62. The summed E-state index contributed by atoms with van der Waals surface area (Å²) in [7, 11) is 2.83. The molecule has 6 rings (SSSR count). The first-order valence-electron chi connectivity index (χ1n) is 11.7. The number of azo groups is 1. The molecule has 0 saturated carbocycles. The van der Waals surface area contributed by atoms with E-state index < -0.39 is 5.54 Å². The number of para-hydroxylation sites is 1. The average Bonchev–Trinajstić information content (AvgIpc) is 3.60. The molecule has 4 atom stereocenters. The number of nitrogens with one attached hydrogen (secondary N) is 1. The Morgan fingerprint density at radius 2 is 1.82 bits per heavy atom.